The van der Waals surface area contributed by atoms with E-state index in [2.05, 4.69) is 18.2 Å². The summed E-state index contributed by atoms with van der Waals surface area (Å²) in [7, 11) is 0. The summed E-state index contributed by atoms with van der Waals surface area (Å²) < 4.78 is 0. The van der Waals surface area contributed by atoms with Crippen LogP contribution in [0, 0.1) is 24.2 Å². The molecule has 0 heterocycles. The summed E-state index contributed by atoms with van der Waals surface area (Å²) in [5.74, 6) is 4.60. The molecule has 0 aromatic heterocycles. The summed E-state index contributed by atoms with van der Waals surface area (Å²) in [5, 5.41) is 3.50. The lowest BCUT2D eigenvalue weighted by Crippen LogP contribution is -2.30. The van der Waals surface area contributed by atoms with Crippen LogP contribution in [0.2, 0.25) is 0 Å². The standard InChI is InChI=1S/C14H25N/c1-3-5-6-9-13-10-7-8-11-14(13)12-15-4-2/h1,13-15H,4-12H2,2H3. The number of rotatable bonds is 6. The fourth-order valence-electron chi connectivity index (χ4n) is 2.73. The van der Waals surface area contributed by atoms with E-state index >= 15 is 0 Å². The number of terminal acetylenes is 1. The minimum Gasteiger partial charge on any atom is -0.317 e. The predicted molar refractivity (Wildman–Crippen MR) is 66.7 cm³/mol. The van der Waals surface area contributed by atoms with Crippen molar-refractivity contribution in [2.24, 2.45) is 11.8 Å². The number of nitrogens with one attached hydrogen (secondary N) is 1. The molecule has 1 N–H and O–H groups in total. The van der Waals surface area contributed by atoms with Crippen molar-refractivity contribution in [2.75, 3.05) is 13.1 Å². The number of hydrogen-bond donors (Lipinski definition) is 1. The Bertz CT molecular complexity index is 192. The SMILES string of the molecule is C#CCCCC1CCCCC1CNCC. The van der Waals surface area contributed by atoms with Gasteiger partial charge < -0.3 is 5.32 Å². The Labute approximate surface area is 95.0 Å². The van der Waals surface area contributed by atoms with E-state index < -0.39 is 0 Å². The summed E-state index contributed by atoms with van der Waals surface area (Å²) in [4.78, 5) is 0. The van der Waals surface area contributed by atoms with E-state index in [1.807, 2.05) is 0 Å². The first kappa shape index (κ1) is 12.6. The minimum absolute atomic E-state index is 0.913. The first-order valence-electron chi connectivity index (χ1n) is 6.52. The molecule has 0 saturated heterocycles. The highest BCUT2D eigenvalue weighted by molar-refractivity contribution is 4.84. The minimum atomic E-state index is 0.913. The van der Waals surface area contributed by atoms with E-state index in [9.17, 15) is 0 Å². The molecule has 1 heteroatoms. The zero-order valence-electron chi connectivity index (χ0n) is 10.1. The van der Waals surface area contributed by atoms with Crippen molar-refractivity contribution in [3.8, 4) is 12.3 Å². The van der Waals surface area contributed by atoms with Crippen molar-refractivity contribution in [3.63, 3.8) is 0 Å². The fourth-order valence-corrected chi connectivity index (χ4v) is 2.73. The van der Waals surface area contributed by atoms with Gasteiger partial charge in [-0.15, -0.1) is 12.3 Å². The molecule has 1 saturated carbocycles. The fraction of sp³-hybridized carbons (Fsp3) is 0.857. The second-order valence-electron chi connectivity index (χ2n) is 4.71. The Morgan fingerprint density at radius 3 is 2.67 bits per heavy atom. The summed E-state index contributed by atoms with van der Waals surface area (Å²) in [5.41, 5.74) is 0. The van der Waals surface area contributed by atoms with Gasteiger partial charge in [0.05, 0.1) is 0 Å². The second-order valence-corrected chi connectivity index (χ2v) is 4.71. The molecule has 0 aromatic rings. The van der Waals surface area contributed by atoms with Gasteiger partial charge in [0.25, 0.3) is 0 Å². The highest BCUT2D eigenvalue weighted by atomic mass is 14.8. The zero-order valence-corrected chi connectivity index (χ0v) is 10.1. The molecule has 2 unspecified atom stereocenters. The molecule has 1 aliphatic carbocycles. The largest absolute Gasteiger partial charge is 0.317 e. The van der Waals surface area contributed by atoms with Crippen molar-refractivity contribution >= 4 is 0 Å². The van der Waals surface area contributed by atoms with Gasteiger partial charge in [-0.3, -0.25) is 0 Å². The lowest BCUT2D eigenvalue weighted by Gasteiger charge is -2.31. The van der Waals surface area contributed by atoms with Crippen molar-refractivity contribution in [1.29, 1.82) is 0 Å². The van der Waals surface area contributed by atoms with Crippen LogP contribution in [0.3, 0.4) is 0 Å². The monoisotopic (exact) mass is 207 g/mol. The molecule has 0 amide bonds. The van der Waals surface area contributed by atoms with Gasteiger partial charge in [-0.25, -0.2) is 0 Å². The Kier molecular flexibility index (Phi) is 6.52. The molecule has 1 rings (SSSR count). The lowest BCUT2D eigenvalue weighted by molar-refractivity contribution is 0.216. The third-order valence-corrected chi connectivity index (χ3v) is 3.62. The van der Waals surface area contributed by atoms with Crippen LogP contribution in [0.15, 0.2) is 0 Å². The highest BCUT2D eigenvalue weighted by Crippen LogP contribution is 2.33. The van der Waals surface area contributed by atoms with Gasteiger partial charge in [-0.2, -0.15) is 0 Å². The molecular weight excluding hydrogens is 182 g/mol. The number of hydrogen-bond acceptors (Lipinski definition) is 1. The van der Waals surface area contributed by atoms with Crippen LogP contribution >= 0.6 is 0 Å². The van der Waals surface area contributed by atoms with E-state index in [0.29, 0.717) is 0 Å². The molecule has 0 spiro atoms. The van der Waals surface area contributed by atoms with Crippen molar-refractivity contribution in [2.45, 2.75) is 51.9 Å². The van der Waals surface area contributed by atoms with Gasteiger partial charge in [0, 0.05) is 6.42 Å². The van der Waals surface area contributed by atoms with Crippen molar-refractivity contribution in [3.05, 3.63) is 0 Å². The third-order valence-electron chi connectivity index (χ3n) is 3.62. The maximum atomic E-state index is 5.30. The van der Waals surface area contributed by atoms with E-state index in [1.165, 1.54) is 45.1 Å². The highest BCUT2D eigenvalue weighted by Gasteiger charge is 2.23. The summed E-state index contributed by atoms with van der Waals surface area (Å²) >= 11 is 0. The van der Waals surface area contributed by atoms with Crippen LogP contribution < -0.4 is 5.32 Å². The van der Waals surface area contributed by atoms with Crippen LogP contribution in [0.25, 0.3) is 0 Å². The smallest absolute Gasteiger partial charge is 0.00861 e. The molecule has 15 heavy (non-hydrogen) atoms. The average Bonchev–Trinajstić information content (AvgIpc) is 2.28. The molecule has 86 valence electrons. The summed E-state index contributed by atoms with van der Waals surface area (Å²) in [6, 6.07) is 0. The summed E-state index contributed by atoms with van der Waals surface area (Å²) in [6.07, 6.45) is 14.6. The Morgan fingerprint density at radius 2 is 2.00 bits per heavy atom. The molecule has 0 aromatic carbocycles. The quantitative estimate of drug-likeness (QED) is 0.521. The van der Waals surface area contributed by atoms with Crippen LogP contribution in [0.4, 0.5) is 0 Å². The van der Waals surface area contributed by atoms with E-state index in [0.717, 1.165) is 24.8 Å². The summed E-state index contributed by atoms with van der Waals surface area (Å²) in [6.45, 7) is 4.51. The van der Waals surface area contributed by atoms with Crippen LogP contribution in [0.5, 0.6) is 0 Å². The van der Waals surface area contributed by atoms with E-state index in [-0.39, 0.29) is 0 Å². The van der Waals surface area contributed by atoms with Gasteiger partial charge in [-0.1, -0.05) is 26.2 Å². The molecular formula is C14H25N. The second kappa shape index (κ2) is 7.77. The maximum absolute atomic E-state index is 5.30. The molecule has 0 bridgehead atoms. The maximum Gasteiger partial charge on any atom is 0.00861 e. The Morgan fingerprint density at radius 1 is 1.27 bits per heavy atom. The normalized spacial score (nSPS) is 26.1. The molecule has 1 nitrogen and oxygen atoms in total. The molecule has 0 aliphatic heterocycles. The van der Waals surface area contributed by atoms with Crippen molar-refractivity contribution < 1.29 is 0 Å². The Hall–Kier alpha value is -0.480. The van der Waals surface area contributed by atoms with Gasteiger partial charge in [0.15, 0.2) is 0 Å². The third kappa shape index (κ3) is 4.71. The van der Waals surface area contributed by atoms with Crippen LogP contribution in [-0.4, -0.2) is 13.1 Å². The first-order valence-corrected chi connectivity index (χ1v) is 6.52. The topological polar surface area (TPSA) is 12.0 Å². The predicted octanol–water partition coefficient (Wildman–Crippen LogP) is 3.21. The van der Waals surface area contributed by atoms with Gasteiger partial charge in [0.2, 0.25) is 0 Å². The number of unbranched alkanes of at least 4 members (excludes halogenated alkanes) is 1. The zero-order chi connectivity index (χ0) is 10.9. The van der Waals surface area contributed by atoms with Gasteiger partial charge in [0.1, 0.15) is 0 Å². The van der Waals surface area contributed by atoms with Gasteiger partial charge in [-0.05, 0) is 44.2 Å². The first-order chi connectivity index (χ1) is 7.38. The average molecular weight is 207 g/mol. The van der Waals surface area contributed by atoms with Crippen molar-refractivity contribution in [1.82, 2.24) is 5.32 Å². The molecule has 1 fully saturated rings. The molecule has 0 radical (unpaired) electrons. The van der Waals surface area contributed by atoms with Gasteiger partial charge >= 0.3 is 0 Å². The lowest BCUT2D eigenvalue weighted by atomic mass is 9.76. The van der Waals surface area contributed by atoms with E-state index in [1.54, 1.807) is 0 Å². The molecule has 2 atom stereocenters. The van der Waals surface area contributed by atoms with Crippen LogP contribution in [0.1, 0.15) is 51.9 Å². The Balaban J connectivity index is 2.26. The van der Waals surface area contributed by atoms with E-state index in [4.69, 9.17) is 6.42 Å². The molecule has 1 aliphatic rings. The van der Waals surface area contributed by atoms with Crippen LogP contribution in [-0.2, 0) is 0 Å².